The van der Waals surface area contributed by atoms with E-state index in [2.05, 4.69) is 31.2 Å². The summed E-state index contributed by atoms with van der Waals surface area (Å²) >= 11 is 0. The van der Waals surface area contributed by atoms with Crippen molar-refractivity contribution >= 4 is 5.57 Å². The van der Waals surface area contributed by atoms with Crippen molar-refractivity contribution in [2.45, 2.75) is 39.0 Å². The first-order chi connectivity index (χ1) is 10.3. The fourth-order valence-corrected chi connectivity index (χ4v) is 3.16. The molecular weight excluding hydrogens is 259 g/mol. The minimum atomic E-state index is -0.119. The first-order valence-corrected chi connectivity index (χ1v) is 7.79. The lowest BCUT2D eigenvalue weighted by molar-refractivity contribution is 0.598. The summed E-state index contributed by atoms with van der Waals surface area (Å²) in [6.07, 6.45) is 5.93. The lowest BCUT2D eigenvalue weighted by Crippen LogP contribution is -2.02. The van der Waals surface area contributed by atoms with Crippen LogP contribution in [0, 0.1) is 12.7 Å². The summed E-state index contributed by atoms with van der Waals surface area (Å²) in [5.74, 6) is -0.119. The van der Waals surface area contributed by atoms with Crippen LogP contribution < -0.4 is 0 Å². The first kappa shape index (κ1) is 14.1. The predicted octanol–water partition coefficient (Wildman–Crippen LogP) is 5.90. The van der Waals surface area contributed by atoms with Crippen molar-refractivity contribution in [3.63, 3.8) is 0 Å². The first-order valence-electron chi connectivity index (χ1n) is 7.79. The Morgan fingerprint density at radius 2 is 1.52 bits per heavy atom. The molecule has 0 radical (unpaired) electrons. The normalized spacial score (nSPS) is 15.0. The van der Waals surface area contributed by atoms with Gasteiger partial charge in [-0.1, -0.05) is 60.0 Å². The standard InChI is InChI=1S/C20H21F/c1-15-11-13-17(14-12-15)20(16-7-3-2-4-8-16)18-9-5-6-10-19(18)21/h5-6,9-14H,2-4,7-8H2,1H3. The number of benzene rings is 2. The van der Waals surface area contributed by atoms with E-state index in [0.717, 1.165) is 29.5 Å². The Hall–Kier alpha value is -1.89. The molecule has 0 heterocycles. The minimum Gasteiger partial charge on any atom is -0.206 e. The average molecular weight is 280 g/mol. The Morgan fingerprint density at radius 1 is 0.857 bits per heavy atom. The molecule has 0 spiro atoms. The van der Waals surface area contributed by atoms with Crippen LogP contribution in [0.4, 0.5) is 4.39 Å². The number of allylic oxidation sites excluding steroid dienone is 1. The minimum absolute atomic E-state index is 0.119. The molecule has 1 fully saturated rings. The summed E-state index contributed by atoms with van der Waals surface area (Å²) in [7, 11) is 0. The fourth-order valence-electron chi connectivity index (χ4n) is 3.16. The van der Waals surface area contributed by atoms with Crippen LogP contribution in [0.1, 0.15) is 48.8 Å². The molecule has 3 rings (SSSR count). The van der Waals surface area contributed by atoms with Gasteiger partial charge in [0.2, 0.25) is 0 Å². The Morgan fingerprint density at radius 3 is 2.19 bits per heavy atom. The van der Waals surface area contributed by atoms with Crippen LogP contribution in [0.25, 0.3) is 5.57 Å². The van der Waals surface area contributed by atoms with Crippen LogP contribution >= 0.6 is 0 Å². The third kappa shape index (κ3) is 3.07. The molecule has 0 N–H and O–H groups in total. The van der Waals surface area contributed by atoms with Gasteiger partial charge in [-0.3, -0.25) is 0 Å². The molecular formula is C20H21F. The molecule has 2 aromatic rings. The van der Waals surface area contributed by atoms with Gasteiger partial charge in [0.25, 0.3) is 0 Å². The molecule has 0 unspecified atom stereocenters. The van der Waals surface area contributed by atoms with E-state index in [1.807, 2.05) is 12.1 Å². The number of rotatable bonds is 2. The van der Waals surface area contributed by atoms with Gasteiger partial charge in [0, 0.05) is 5.56 Å². The quantitative estimate of drug-likeness (QED) is 0.642. The summed E-state index contributed by atoms with van der Waals surface area (Å²) in [4.78, 5) is 0. The average Bonchev–Trinajstić information content (AvgIpc) is 2.52. The summed E-state index contributed by atoms with van der Waals surface area (Å²) < 4.78 is 14.3. The molecule has 1 saturated carbocycles. The monoisotopic (exact) mass is 280 g/mol. The zero-order valence-corrected chi connectivity index (χ0v) is 12.5. The van der Waals surface area contributed by atoms with Gasteiger partial charge in [0.1, 0.15) is 5.82 Å². The van der Waals surface area contributed by atoms with Crippen molar-refractivity contribution in [2.24, 2.45) is 0 Å². The maximum absolute atomic E-state index is 14.3. The second kappa shape index (κ2) is 6.26. The molecule has 21 heavy (non-hydrogen) atoms. The molecule has 0 atom stereocenters. The van der Waals surface area contributed by atoms with E-state index in [9.17, 15) is 4.39 Å². The van der Waals surface area contributed by atoms with Crippen LogP contribution in [0.15, 0.2) is 54.1 Å². The van der Waals surface area contributed by atoms with Gasteiger partial charge >= 0.3 is 0 Å². The van der Waals surface area contributed by atoms with Crippen LogP contribution in [-0.2, 0) is 0 Å². The van der Waals surface area contributed by atoms with Gasteiger partial charge in [0.15, 0.2) is 0 Å². The molecule has 1 aliphatic rings. The van der Waals surface area contributed by atoms with Crippen LogP contribution in [0.3, 0.4) is 0 Å². The van der Waals surface area contributed by atoms with Crippen LogP contribution in [0.2, 0.25) is 0 Å². The lowest BCUT2D eigenvalue weighted by atomic mass is 9.85. The summed E-state index contributed by atoms with van der Waals surface area (Å²) in [6, 6.07) is 15.6. The van der Waals surface area contributed by atoms with Crippen molar-refractivity contribution in [1.82, 2.24) is 0 Å². The number of hydrogen-bond acceptors (Lipinski definition) is 0. The molecule has 1 aliphatic carbocycles. The molecule has 0 aromatic heterocycles. The van der Waals surface area contributed by atoms with Crippen molar-refractivity contribution in [1.29, 1.82) is 0 Å². The number of halogens is 1. The zero-order chi connectivity index (χ0) is 14.7. The van der Waals surface area contributed by atoms with E-state index >= 15 is 0 Å². The smallest absolute Gasteiger partial charge is 0.131 e. The van der Waals surface area contributed by atoms with E-state index in [0.29, 0.717) is 0 Å². The van der Waals surface area contributed by atoms with Crippen molar-refractivity contribution in [3.8, 4) is 0 Å². The summed E-state index contributed by atoms with van der Waals surface area (Å²) in [6.45, 7) is 2.08. The number of aryl methyl sites for hydroxylation is 1. The molecule has 0 nitrogen and oxygen atoms in total. The maximum atomic E-state index is 14.3. The Balaban J connectivity index is 2.15. The van der Waals surface area contributed by atoms with Gasteiger partial charge in [-0.05, 0) is 49.8 Å². The van der Waals surface area contributed by atoms with Gasteiger partial charge in [-0.25, -0.2) is 4.39 Å². The fraction of sp³-hybridized carbons (Fsp3) is 0.300. The molecule has 0 bridgehead atoms. The molecule has 108 valence electrons. The van der Waals surface area contributed by atoms with Gasteiger partial charge in [-0.2, -0.15) is 0 Å². The van der Waals surface area contributed by atoms with Gasteiger partial charge < -0.3 is 0 Å². The number of hydrogen-bond donors (Lipinski definition) is 0. The SMILES string of the molecule is Cc1ccc(C(=C2CCCCC2)c2ccccc2F)cc1. The third-order valence-electron chi connectivity index (χ3n) is 4.29. The third-order valence-corrected chi connectivity index (χ3v) is 4.29. The Kier molecular flexibility index (Phi) is 4.19. The topological polar surface area (TPSA) is 0 Å². The summed E-state index contributed by atoms with van der Waals surface area (Å²) in [5, 5.41) is 0. The maximum Gasteiger partial charge on any atom is 0.131 e. The largest absolute Gasteiger partial charge is 0.206 e. The highest BCUT2D eigenvalue weighted by molar-refractivity contribution is 5.82. The molecule has 1 heteroatoms. The van der Waals surface area contributed by atoms with Gasteiger partial charge in [0.05, 0.1) is 0 Å². The van der Waals surface area contributed by atoms with Crippen molar-refractivity contribution in [2.75, 3.05) is 0 Å². The molecule has 0 saturated heterocycles. The molecule has 0 aliphatic heterocycles. The highest BCUT2D eigenvalue weighted by atomic mass is 19.1. The summed E-state index contributed by atoms with van der Waals surface area (Å²) in [5.41, 5.74) is 5.66. The predicted molar refractivity (Wildman–Crippen MR) is 86.7 cm³/mol. The van der Waals surface area contributed by atoms with Crippen LogP contribution in [0.5, 0.6) is 0 Å². The highest BCUT2D eigenvalue weighted by Crippen LogP contribution is 2.35. The molecule has 2 aromatic carbocycles. The second-order valence-corrected chi connectivity index (χ2v) is 5.89. The van der Waals surface area contributed by atoms with Gasteiger partial charge in [-0.15, -0.1) is 0 Å². The van der Waals surface area contributed by atoms with Crippen molar-refractivity contribution in [3.05, 3.63) is 76.6 Å². The lowest BCUT2D eigenvalue weighted by Gasteiger charge is -2.20. The zero-order valence-electron chi connectivity index (χ0n) is 12.5. The molecule has 0 amide bonds. The van der Waals surface area contributed by atoms with E-state index in [4.69, 9.17) is 0 Å². The highest BCUT2D eigenvalue weighted by Gasteiger charge is 2.17. The Labute approximate surface area is 126 Å². The van der Waals surface area contributed by atoms with Crippen LogP contribution in [-0.4, -0.2) is 0 Å². The van der Waals surface area contributed by atoms with E-state index in [-0.39, 0.29) is 5.82 Å². The second-order valence-electron chi connectivity index (χ2n) is 5.89. The van der Waals surface area contributed by atoms with E-state index in [1.165, 1.54) is 30.4 Å². The van der Waals surface area contributed by atoms with E-state index < -0.39 is 0 Å². The Bertz CT molecular complexity index is 642. The van der Waals surface area contributed by atoms with Crippen molar-refractivity contribution < 1.29 is 4.39 Å². The van der Waals surface area contributed by atoms with E-state index in [1.54, 1.807) is 12.1 Å².